The Kier molecular flexibility index (Phi) is 5.16. The lowest BCUT2D eigenvalue weighted by Gasteiger charge is -2.42. The molecule has 0 unspecified atom stereocenters. The Balaban J connectivity index is 1.46. The number of likely N-dealkylation sites (N-methyl/N-ethyl adjacent to an activating group) is 1. The molecule has 2 saturated heterocycles. The van der Waals surface area contributed by atoms with E-state index in [0.29, 0.717) is 0 Å². The highest BCUT2D eigenvalue weighted by molar-refractivity contribution is 4.92. The van der Waals surface area contributed by atoms with Gasteiger partial charge in [-0.25, -0.2) is 4.98 Å². The van der Waals surface area contributed by atoms with Gasteiger partial charge >= 0.3 is 0 Å². The van der Waals surface area contributed by atoms with Gasteiger partial charge in [0.1, 0.15) is 5.82 Å². The lowest BCUT2D eigenvalue weighted by atomic mass is 9.89. The van der Waals surface area contributed by atoms with Crippen molar-refractivity contribution in [3.05, 3.63) is 18.2 Å². The maximum atomic E-state index is 4.45. The van der Waals surface area contributed by atoms with Crippen LogP contribution in [-0.2, 0) is 13.6 Å². The average molecular weight is 305 g/mol. The van der Waals surface area contributed by atoms with Crippen molar-refractivity contribution < 1.29 is 0 Å². The van der Waals surface area contributed by atoms with Crippen LogP contribution in [0.4, 0.5) is 0 Å². The molecule has 124 valence electrons. The van der Waals surface area contributed by atoms with Crippen molar-refractivity contribution in [3.8, 4) is 0 Å². The minimum atomic E-state index is 0.740. The van der Waals surface area contributed by atoms with E-state index >= 15 is 0 Å². The molecule has 0 radical (unpaired) electrons. The molecule has 0 saturated carbocycles. The first kappa shape index (κ1) is 16.0. The van der Waals surface area contributed by atoms with Gasteiger partial charge in [0.05, 0.1) is 6.54 Å². The van der Waals surface area contributed by atoms with Crippen molar-refractivity contribution in [2.24, 2.45) is 13.0 Å². The summed E-state index contributed by atoms with van der Waals surface area (Å²) in [5.74, 6) is 2.05. The molecule has 0 aliphatic carbocycles. The normalized spacial score (nSPS) is 24.7. The van der Waals surface area contributed by atoms with E-state index in [9.17, 15) is 0 Å². The van der Waals surface area contributed by atoms with Crippen LogP contribution in [0.1, 0.15) is 25.6 Å². The number of piperidine rings is 1. The van der Waals surface area contributed by atoms with E-state index in [1.165, 1.54) is 57.9 Å². The summed E-state index contributed by atoms with van der Waals surface area (Å²) in [4.78, 5) is 12.2. The average Bonchev–Trinajstić information content (AvgIpc) is 2.93. The SMILES string of the molecule is C[C@H](C1CCN(Cc2nccn2C)CC1)N1CCN(C)CC1. The van der Waals surface area contributed by atoms with Crippen LogP contribution in [0.25, 0.3) is 0 Å². The third kappa shape index (κ3) is 3.70. The molecule has 0 amide bonds. The largest absolute Gasteiger partial charge is 0.337 e. The van der Waals surface area contributed by atoms with Crippen molar-refractivity contribution in [1.82, 2.24) is 24.3 Å². The van der Waals surface area contributed by atoms with Crippen LogP contribution >= 0.6 is 0 Å². The van der Waals surface area contributed by atoms with Crippen molar-refractivity contribution in [2.45, 2.75) is 32.4 Å². The van der Waals surface area contributed by atoms with E-state index in [1.54, 1.807) is 0 Å². The van der Waals surface area contributed by atoms with Gasteiger partial charge in [0.15, 0.2) is 0 Å². The van der Waals surface area contributed by atoms with Gasteiger partial charge in [-0.15, -0.1) is 0 Å². The zero-order valence-corrected chi connectivity index (χ0v) is 14.4. The zero-order chi connectivity index (χ0) is 15.5. The van der Waals surface area contributed by atoms with Gasteiger partial charge in [0, 0.05) is 51.7 Å². The molecule has 2 aliphatic heterocycles. The minimum absolute atomic E-state index is 0.740. The Morgan fingerprint density at radius 1 is 1.09 bits per heavy atom. The molecular formula is C17H31N5. The Morgan fingerprint density at radius 2 is 1.77 bits per heavy atom. The lowest BCUT2D eigenvalue weighted by molar-refractivity contribution is 0.0591. The standard InChI is InChI=1S/C17H31N5/c1-15(22-12-10-19(2)11-13-22)16-4-7-21(8-5-16)14-17-18-6-9-20(17)3/h6,9,15-16H,4-5,7-8,10-14H2,1-3H3/t15-/m1/s1. The molecule has 5 nitrogen and oxygen atoms in total. The fraction of sp³-hybridized carbons (Fsp3) is 0.824. The Hall–Kier alpha value is -0.910. The van der Waals surface area contributed by atoms with E-state index in [0.717, 1.165) is 18.5 Å². The molecule has 0 bridgehead atoms. The molecule has 3 rings (SSSR count). The van der Waals surface area contributed by atoms with E-state index in [1.807, 2.05) is 12.4 Å². The molecule has 22 heavy (non-hydrogen) atoms. The van der Waals surface area contributed by atoms with E-state index in [2.05, 4.69) is 45.3 Å². The van der Waals surface area contributed by atoms with Crippen molar-refractivity contribution >= 4 is 0 Å². The molecule has 1 aromatic rings. The van der Waals surface area contributed by atoms with Crippen LogP contribution in [0.15, 0.2) is 12.4 Å². The number of likely N-dealkylation sites (tertiary alicyclic amines) is 1. The van der Waals surface area contributed by atoms with E-state index in [4.69, 9.17) is 0 Å². The van der Waals surface area contributed by atoms with Gasteiger partial charge < -0.3 is 9.47 Å². The first-order chi connectivity index (χ1) is 10.6. The van der Waals surface area contributed by atoms with Crippen LogP contribution in [-0.4, -0.2) is 76.6 Å². The van der Waals surface area contributed by atoms with Gasteiger partial charge in [-0.3, -0.25) is 9.80 Å². The van der Waals surface area contributed by atoms with Crippen LogP contribution < -0.4 is 0 Å². The maximum absolute atomic E-state index is 4.45. The fourth-order valence-corrected chi connectivity index (χ4v) is 3.87. The second kappa shape index (κ2) is 7.11. The quantitative estimate of drug-likeness (QED) is 0.837. The van der Waals surface area contributed by atoms with Crippen molar-refractivity contribution in [1.29, 1.82) is 0 Å². The van der Waals surface area contributed by atoms with Gasteiger partial charge in [0.2, 0.25) is 0 Å². The van der Waals surface area contributed by atoms with Gasteiger partial charge in [-0.2, -0.15) is 0 Å². The number of rotatable bonds is 4. The molecule has 1 atom stereocenters. The smallest absolute Gasteiger partial charge is 0.122 e. The number of nitrogens with zero attached hydrogens (tertiary/aromatic N) is 5. The third-order valence-electron chi connectivity index (χ3n) is 5.71. The van der Waals surface area contributed by atoms with Gasteiger partial charge in [0.25, 0.3) is 0 Å². The highest BCUT2D eigenvalue weighted by Crippen LogP contribution is 2.25. The molecule has 0 N–H and O–H groups in total. The monoisotopic (exact) mass is 305 g/mol. The highest BCUT2D eigenvalue weighted by Gasteiger charge is 2.29. The zero-order valence-electron chi connectivity index (χ0n) is 14.4. The number of aryl methyl sites for hydroxylation is 1. The Labute approximate surface area is 134 Å². The Morgan fingerprint density at radius 3 is 2.36 bits per heavy atom. The van der Waals surface area contributed by atoms with E-state index in [-0.39, 0.29) is 0 Å². The number of piperazine rings is 1. The third-order valence-corrected chi connectivity index (χ3v) is 5.71. The fourth-order valence-electron chi connectivity index (χ4n) is 3.87. The first-order valence-corrected chi connectivity index (χ1v) is 8.74. The molecular weight excluding hydrogens is 274 g/mol. The van der Waals surface area contributed by atoms with Crippen LogP contribution in [0.2, 0.25) is 0 Å². The van der Waals surface area contributed by atoms with Gasteiger partial charge in [-0.05, 0) is 45.8 Å². The predicted molar refractivity (Wildman–Crippen MR) is 89.7 cm³/mol. The number of hydrogen-bond acceptors (Lipinski definition) is 4. The lowest BCUT2D eigenvalue weighted by Crippen LogP contribution is -2.51. The second-order valence-corrected chi connectivity index (χ2v) is 7.15. The van der Waals surface area contributed by atoms with Crippen LogP contribution in [0.3, 0.4) is 0 Å². The summed E-state index contributed by atoms with van der Waals surface area (Å²) in [6, 6.07) is 0.740. The minimum Gasteiger partial charge on any atom is -0.337 e. The summed E-state index contributed by atoms with van der Waals surface area (Å²) in [5.41, 5.74) is 0. The summed E-state index contributed by atoms with van der Waals surface area (Å²) in [5, 5.41) is 0. The molecule has 0 aromatic carbocycles. The molecule has 5 heteroatoms. The van der Waals surface area contributed by atoms with Crippen molar-refractivity contribution in [2.75, 3.05) is 46.3 Å². The Bertz CT molecular complexity index is 455. The molecule has 1 aromatic heterocycles. The molecule has 2 aliphatic rings. The number of hydrogen-bond donors (Lipinski definition) is 0. The summed E-state index contributed by atoms with van der Waals surface area (Å²) in [6.45, 7) is 10.8. The first-order valence-electron chi connectivity index (χ1n) is 8.74. The summed E-state index contributed by atoms with van der Waals surface area (Å²) < 4.78 is 2.14. The topological polar surface area (TPSA) is 27.5 Å². The predicted octanol–water partition coefficient (Wildman–Crippen LogP) is 1.27. The number of aromatic nitrogens is 2. The molecule has 2 fully saturated rings. The van der Waals surface area contributed by atoms with Crippen LogP contribution in [0.5, 0.6) is 0 Å². The summed E-state index contributed by atoms with van der Waals surface area (Å²) in [6.07, 6.45) is 6.60. The highest BCUT2D eigenvalue weighted by atomic mass is 15.3. The van der Waals surface area contributed by atoms with E-state index < -0.39 is 0 Å². The summed E-state index contributed by atoms with van der Waals surface area (Å²) in [7, 11) is 4.32. The molecule has 0 spiro atoms. The second-order valence-electron chi connectivity index (χ2n) is 7.15. The van der Waals surface area contributed by atoms with Crippen LogP contribution in [0, 0.1) is 5.92 Å². The van der Waals surface area contributed by atoms with Crippen molar-refractivity contribution in [3.63, 3.8) is 0 Å². The number of imidazole rings is 1. The summed E-state index contributed by atoms with van der Waals surface area (Å²) >= 11 is 0. The maximum Gasteiger partial charge on any atom is 0.122 e. The van der Waals surface area contributed by atoms with Gasteiger partial charge in [-0.1, -0.05) is 0 Å². The molecule has 3 heterocycles.